The van der Waals surface area contributed by atoms with E-state index in [4.69, 9.17) is 4.74 Å². The van der Waals surface area contributed by atoms with Crippen LogP contribution in [0.1, 0.15) is 93.6 Å². The van der Waals surface area contributed by atoms with Crippen LogP contribution in [0.15, 0.2) is 29.3 Å². The number of carboxylic acid groups (broad SMARTS) is 1. The molecule has 0 aromatic carbocycles. The monoisotopic (exact) mass is 600 g/mol. The highest BCUT2D eigenvalue weighted by molar-refractivity contribution is 7.90. The lowest BCUT2D eigenvalue weighted by atomic mass is 9.81. The third-order valence-corrected chi connectivity index (χ3v) is 9.72. The van der Waals surface area contributed by atoms with E-state index in [9.17, 15) is 23.1 Å². The average molecular weight is 601 g/mol. The standard InChI is InChI=1S/C31H40N2O6S2/c1-20-9-11-21(12-10-20)29(34)33(25-19-24(17-18-31(2,3)4)40-28(25)30(35)36)22-13-15-23(16-14-22)39-26-7-6-8-27(32-26)41(5,37)38/h6-8,19-23H,9-16H2,1-5H3,(H,35,36). The highest BCUT2D eigenvalue weighted by Gasteiger charge is 2.38. The van der Waals surface area contributed by atoms with Crippen LogP contribution >= 0.6 is 11.3 Å². The first kappa shape index (κ1) is 31.0. The largest absolute Gasteiger partial charge is 0.477 e. The minimum atomic E-state index is -3.45. The summed E-state index contributed by atoms with van der Waals surface area (Å²) < 4.78 is 29.9. The first-order valence-electron chi connectivity index (χ1n) is 14.3. The summed E-state index contributed by atoms with van der Waals surface area (Å²) in [5.74, 6) is 5.97. The van der Waals surface area contributed by atoms with Crippen LogP contribution in [0.2, 0.25) is 0 Å². The summed E-state index contributed by atoms with van der Waals surface area (Å²) in [5.41, 5.74) is 0.201. The van der Waals surface area contributed by atoms with Crippen molar-refractivity contribution < 1.29 is 27.9 Å². The van der Waals surface area contributed by atoms with Crippen LogP contribution in [-0.4, -0.2) is 48.8 Å². The fraction of sp³-hybridized carbons (Fsp3) is 0.581. The summed E-state index contributed by atoms with van der Waals surface area (Å²) in [6.45, 7) is 8.21. The Morgan fingerprint density at radius 3 is 2.32 bits per heavy atom. The normalized spacial score (nSPS) is 23.2. The van der Waals surface area contributed by atoms with E-state index in [1.165, 1.54) is 6.07 Å². The molecule has 2 aliphatic rings. The zero-order valence-corrected chi connectivity index (χ0v) is 26.1. The molecule has 0 atom stereocenters. The van der Waals surface area contributed by atoms with Gasteiger partial charge in [-0.15, -0.1) is 11.3 Å². The maximum Gasteiger partial charge on any atom is 0.348 e. The first-order chi connectivity index (χ1) is 19.2. The Balaban J connectivity index is 1.59. The summed E-state index contributed by atoms with van der Waals surface area (Å²) in [7, 11) is -3.45. The number of ether oxygens (including phenoxy) is 1. The predicted octanol–water partition coefficient (Wildman–Crippen LogP) is 6.19. The van der Waals surface area contributed by atoms with Crippen LogP contribution in [0.3, 0.4) is 0 Å². The molecule has 2 fully saturated rings. The van der Waals surface area contributed by atoms with Gasteiger partial charge in [0.2, 0.25) is 11.8 Å². The minimum absolute atomic E-state index is 0.000538. The highest BCUT2D eigenvalue weighted by atomic mass is 32.2. The molecule has 0 aliphatic heterocycles. The first-order valence-corrected chi connectivity index (χ1v) is 17.0. The van der Waals surface area contributed by atoms with Crippen molar-refractivity contribution in [2.24, 2.45) is 17.3 Å². The number of thiophene rings is 1. The highest BCUT2D eigenvalue weighted by Crippen LogP contribution is 2.39. The number of carboxylic acids is 1. The number of amides is 1. The number of aromatic nitrogens is 1. The van der Waals surface area contributed by atoms with Gasteiger partial charge in [-0.2, -0.15) is 0 Å². The lowest BCUT2D eigenvalue weighted by molar-refractivity contribution is -0.124. The van der Waals surface area contributed by atoms with E-state index in [2.05, 4.69) is 23.7 Å². The predicted molar refractivity (Wildman–Crippen MR) is 160 cm³/mol. The van der Waals surface area contributed by atoms with Crippen LogP contribution < -0.4 is 9.64 Å². The quantitative estimate of drug-likeness (QED) is 0.377. The number of hydrogen-bond donors (Lipinski definition) is 1. The van der Waals surface area contributed by atoms with Gasteiger partial charge in [-0.1, -0.05) is 24.8 Å². The van der Waals surface area contributed by atoms with E-state index in [1.54, 1.807) is 23.1 Å². The second kappa shape index (κ2) is 12.5. The SMILES string of the molecule is CC1CCC(C(=O)N(c2cc(C#CC(C)(C)C)sc2C(=O)O)C2CCC(Oc3cccc(S(C)(=O)=O)n3)CC2)CC1. The number of carbonyl (C=O) groups excluding carboxylic acids is 1. The van der Waals surface area contributed by atoms with Crippen LogP contribution in [0.5, 0.6) is 5.88 Å². The molecule has 2 aromatic rings. The van der Waals surface area contributed by atoms with Gasteiger partial charge in [0.15, 0.2) is 14.9 Å². The maximum atomic E-state index is 14.1. The van der Waals surface area contributed by atoms with Gasteiger partial charge in [0, 0.05) is 29.7 Å². The topological polar surface area (TPSA) is 114 Å². The number of anilines is 1. The zero-order valence-electron chi connectivity index (χ0n) is 24.5. The summed E-state index contributed by atoms with van der Waals surface area (Å²) in [4.78, 5) is 33.2. The fourth-order valence-corrected chi connectivity index (χ4v) is 6.91. The molecule has 2 heterocycles. The van der Waals surface area contributed by atoms with E-state index in [1.807, 2.05) is 20.8 Å². The second-order valence-corrected chi connectivity index (χ2v) is 15.4. The van der Waals surface area contributed by atoms with Crippen LogP contribution in [-0.2, 0) is 14.6 Å². The average Bonchev–Trinajstić information content (AvgIpc) is 3.32. The smallest absolute Gasteiger partial charge is 0.348 e. The fourth-order valence-electron chi connectivity index (χ4n) is 5.48. The van der Waals surface area contributed by atoms with Crippen molar-refractivity contribution in [2.45, 2.75) is 96.2 Å². The molecule has 0 saturated heterocycles. The molecule has 2 aliphatic carbocycles. The summed E-state index contributed by atoms with van der Waals surface area (Å²) in [6, 6.07) is 6.30. The molecular weight excluding hydrogens is 560 g/mol. The molecule has 222 valence electrons. The molecule has 41 heavy (non-hydrogen) atoms. The van der Waals surface area contributed by atoms with Crippen molar-refractivity contribution in [3.05, 3.63) is 34.0 Å². The van der Waals surface area contributed by atoms with Crippen molar-refractivity contribution in [3.8, 4) is 17.7 Å². The number of aromatic carboxylic acids is 1. The summed E-state index contributed by atoms with van der Waals surface area (Å²) >= 11 is 1.12. The van der Waals surface area contributed by atoms with E-state index in [-0.39, 0.29) is 45.2 Å². The number of nitrogens with zero attached hydrogens (tertiary/aromatic N) is 2. The van der Waals surface area contributed by atoms with Gasteiger partial charge < -0.3 is 14.7 Å². The molecule has 2 aromatic heterocycles. The second-order valence-electron chi connectivity index (χ2n) is 12.4. The van der Waals surface area contributed by atoms with Gasteiger partial charge in [-0.25, -0.2) is 18.2 Å². The number of sulfone groups is 1. The van der Waals surface area contributed by atoms with Gasteiger partial charge in [-0.3, -0.25) is 4.79 Å². The van der Waals surface area contributed by atoms with Crippen LogP contribution in [0.25, 0.3) is 0 Å². The number of carbonyl (C=O) groups is 2. The van der Waals surface area contributed by atoms with Crippen molar-refractivity contribution in [2.75, 3.05) is 11.2 Å². The molecule has 2 saturated carbocycles. The lowest BCUT2D eigenvalue weighted by Gasteiger charge is -2.39. The Kier molecular flexibility index (Phi) is 9.49. The Bertz CT molecular complexity index is 1430. The molecule has 4 rings (SSSR count). The van der Waals surface area contributed by atoms with Gasteiger partial charge in [0.05, 0.1) is 10.6 Å². The van der Waals surface area contributed by atoms with E-state index >= 15 is 0 Å². The molecular formula is C31H40N2O6S2. The zero-order chi connectivity index (χ0) is 29.9. The Morgan fingerprint density at radius 2 is 1.73 bits per heavy atom. The molecule has 1 N–H and O–H groups in total. The van der Waals surface area contributed by atoms with E-state index in [0.29, 0.717) is 42.2 Å². The van der Waals surface area contributed by atoms with Crippen LogP contribution in [0.4, 0.5) is 5.69 Å². The van der Waals surface area contributed by atoms with Crippen molar-refractivity contribution in [1.82, 2.24) is 4.98 Å². The van der Waals surface area contributed by atoms with Crippen LogP contribution in [0, 0.1) is 29.1 Å². The lowest BCUT2D eigenvalue weighted by Crippen LogP contribution is -2.47. The Labute approximate surface area is 247 Å². The molecule has 0 radical (unpaired) electrons. The van der Waals surface area contributed by atoms with Gasteiger partial charge in [0.25, 0.3) is 0 Å². The number of hydrogen-bond acceptors (Lipinski definition) is 7. The van der Waals surface area contributed by atoms with Crippen molar-refractivity contribution in [3.63, 3.8) is 0 Å². The maximum absolute atomic E-state index is 14.1. The number of rotatable bonds is 7. The number of pyridine rings is 1. The molecule has 0 spiro atoms. The van der Waals surface area contributed by atoms with Crippen molar-refractivity contribution in [1.29, 1.82) is 0 Å². The minimum Gasteiger partial charge on any atom is -0.477 e. The third kappa shape index (κ3) is 8.10. The molecule has 0 bridgehead atoms. The van der Waals surface area contributed by atoms with E-state index < -0.39 is 15.8 Å². The molecule has 8 nitrogen and oxygen atoms in total. The van der Waals surface area contributed by atoms with Gasteiger partial charge in [-0.05, 0) is 90.2 Å². The van der Waals surface area contributed by atoms with Gasteiger partial charge in [0.1, 0.15) is 11.0 Å². The van der Waals surface area contributed by atoms with Crippen molar-refractivity contribution >= 4 is 38.7 Å². The Morgan fingerprint density at radius 1 is 1.07 bits per heavy atom. The molecule has 0 unspecified atom stereocenters. The van der Waals surface area contributed by atoms with Gasteiger partial charge >= 0.3 is 5.97 Å². The third-order valence-electron chi connectivity index (χ3n) is 7.70. The Hall–Kier alpha value is -2.90. The van der Waals surface area contributed by atoms with E-state index in [0.717, 1.165) is 43.3 Å². The summed E-state index contributed by atoms with van der Waals surface area (Å²) in [6.07, 6.45) is 7.03. The molecule has 10 heteroatoms. The molecule has 1 amide bonds. The summed E-state index contributed by atoms with van der Waals surface area (Å²) in [5, 5.41) is 10.1.